The van der Waals surface area contributed by atoms with Gasteiger partial charge in [-0.05, 0) is 49.4 Å². The number of furan rings is 1. The van der Waals surface area contributed by atoms with Crippen LogP contribution in [0, 0.1) is 12.7 Å². The monoisotopic (exact) mass is 386 g/mol. The number of fused-ring (bicyclic) bond motifs is 1. The van der Waals surface area contributed by atoms with Gasteiger partial charge >= 0.3 is 5.97 Å². The van der Waals surface area contributed by atoms with Gasteiger partial charge in [-0.15, -0.1) is 10.2 Å². The van der Waals surface area contributed by atoms with Crippen LogP contribution >= 0.6 is 11.6 Å². The first-order valence-corrected chi connectivity index (χ1v) is 8.33. The van der Waals surface area contributed by atoms with Crippen LogP contribution in [0.2, 0.25) is 5.02 Å². The molecule has 0 spiro atoms. The summed E-state index contributed by atoms with van der Waals surface area (Å²) in [5.41, 5.74) is 1.60. The van der Waals surface area contributed by atoms with Gasteiger partial charge in [0.15, 0.2) is 6.61 Å². The Morgan fingerprint density at radius 3 is 2.70 bits per heavy atom. The largest absolute Gasteiger partial charge is 0.450 e. The van der Waals surface area contributed by atoms with E-state index < -0.39 is 11.8 Å². The molecule has 0 aliphatic rings. The summed E-state index contributed by atoms with van der Waals surface area (Å²) in [7, 11) is 0. The van der Waals surface area contributed by atoms with Crippen LogP contribution in [0.4, 0.5) is 4.39 Å². The lowest BCUT2D eigenvalue weighted by atomic mass is 10.1. The van der Waals surface area contributed by atoms with Gasteiger partial charge in [-0.1, -0.05) is 11.6 Å². The number of hydrogen-bond acceptors (Lipinski definition) is 6. The van der Waals surface area contributed by atoms with Crippen LogP contribution < -0.4 is 0 Å². The lowest BCUT2D eigenvalue weighted by Gasteiger charge is -2.00. The van der Waals surface area contributed by atoms with Crippen LogP contribution in [-0.4, -0.2) is 16.2 Å². The number of rotatable bonds is 4. The molecule has 0 fully saturated rings. The zero-order valence-electron chi connectivity index (χ0n) is 14.0. The number of nitrogens with zero attached hydrogens (tertiary/aromatic N) is 2. The van der Waals surface area contributed by atoms with E-state index in [1.165, 1.54) is 18.2 Å². The molecule has 2 aromatic heterocycles. The Bertz CT molecular complexity index is 1130. The normalized spacial score (nSPS) is 11.1. The fourth-order valence-corrected chi connectivity index (χ4v) is 2.73. The van der Waals surface area contributed by atoms with Gasteiger partial charge in [0.1, 0.15) is 11.4 Å². The SMILES string of the molecule is Cc1c(C(=O)OCc2nnc(-c3ccc(Cl)cc3)o2)oc2ccc(F)cc12. The Hall–Kier alpha value is -3.19. The predicted octanol–water partition coefficient (Wildman–Crippen LogP) is 4.94. The molecule has 0 saturated carbocycles. The highest BCUT2D eigenvalue weighted by Gasteiger charge is 2.20. The van der Waals surface area contributed by atoms with Gasteiger partial charge in [0, 0.05) is 21.5 Å². The molecule has 0 N–H and O–H groups in total. The number of halogens is 2. The molecule has 0 amide bonds. The van der Waals surface area contributed by atoms with Crippen molar-refractivity contribution in [1.29, 1.82) is 0 Å². The highest BCUT2D eigenvalue weighted by atomic mass is 35.5. The van der Waals surface area contributed by atoms with Crippen LogP contribution in [0.1, 0.15) is 22.0 Å². The fraction of sp³-hybridized carbons (Fsp3) is 0.105. The zero-order valence-corrected chi connectivity index (χ0v) is 14.8. The average Bonchev–Trinajstić information content (AvgIpc) is 3.26. The van der Waals surface area contributed by atoms with E-state index >= 15 is 0 Å². The van der Waals surface area contributed by atoms with E-state index in [1.54, 1.807) is 31.2 Å². The van der Waals surface area contributed by atoms with Crippen molar-refractivity contribution in [3.8, 4) is 11.5 Å². The number of carbonyl (C=O) groups excluding carboxylic acids is 1. The van der Waals surface area contributed by atoms with E-state index in [2.05, 4.69) is 10.2 Å². The molecule has 0 unspecified atom stereocenters. The minimum absolute atomic E-state index is 0.00744. The molecule has 2 aromatic carbocycles. The van der Waals surface area contributed by atoms with E-state index in [9.17, 15) is 9.18 Å². The zero-order chi connectivity index (χ0) is 19.0. The maximum atomic E-state index is 13.4. The summed E-state index contributed by atoms with van der Waals surface area (Å²) >= 11 is 5.84. The molecule has 2 heterocycles. The molecule has 8 heteroatoms. The van der Waals surface area contributed by atoms with Crippen molar-refractivity contribution >= 4 is 28.5 Å². The van der Waals surface area contributed by atoms with Crippen molar-refractivity contribution in [2.45, 2.75) is 13.5 Å². The Balaban J connectivity index is 1.48. The number of benzene rings is 2. The highest BCUT2D eigenvalue weighted by molar-refractivity contribution is 6.30. The van der Waals surface area contributed by atoms with E-state index in [-0.39, 0.29) is 24.1 Å². The van der Waals surface area contributed by atoms with Gasteiger partial charge in [-0.3, -0.25) is 0 Å². The second kappa shape index (κ2) is 6.85. The maximum absolute atomic E-state index is 13.4. The van der Waals surface area contributed by atoms with Gasteiger partial charge < -0.3 is 13.6 Å². The molecule has 4 rings (SSSR count). The molecule has 0 aliphatic heterocycles. The summed E-state index contributed by atoms with van der Waals surface area (Å²) in [6.07, 6.45) is 0. The third-order valence-corrected chi connectivity index (χ3v) is 4.22. The fourth-order valence-electron chi connectivity index (χ4n) is 2.60. The van der Waals surface area contributed by atoms with E-state index in [4.69, 9.17) is 25.2 Å². The first-order chi connectivity index (χ1) is 13.0. The number of ether oxygens (including phenoxy) is 1. The average molecular weight is 387 g/mol. The van der Waals surface area contributed by atoms with Crippen molar-refractivity contribution in [2.24, 2.45) is 0 Å². The Kier molecular flexibility index (Phi) is 4.37. The molecule has 136 valence electrons. The number of hydrogen-bond donors (Lipinski definition) is 0. The minimum Gasteiger partial charge on any atom is -0.450 e. The molecule has 6 nitrogen and oxygen atoms in total. The summed E-state index contributed by atoms with van der Waals surface area (Å²) in [6.45, 7) is 1.44. The van der Waals surface area contributed by atoms with Crippen LogP contribution in [0.15, 0.2) is 51.3 Å². The molecular weight excluding hydrogens is 375 g/mol. The van der Waals surface area contributed by atoms with E-state index in [0.29, 0.717) is 27.1 Å². The first kappa shape index (κ1) is 17.2. The minimum atomic E-state index is -0.699. The van der Waals surface area contributed by atoms with E-state index in [0.717, 1.165) is 0 Å². The lowest BCUT2D eigenvalue weighted by molar-refractivity contribution is 0.0404. The van der Waals surface area contributed by atoms with Gasteiger partial charge in [0.05, 0.1) is 0 Å². The van der Waals surface area contributed by atoms with Gasteiger partial charge in [0.25, 0.3) is 5.89 Å². The third kappa shape index (κ3) is 3.41. The molecule has 0 saturated heterocycles. The summed E-state index contributed by atoms with van der Waals surface area (Å²) in [4.78, 5) is 12.3. The quantitative estimate of drug-likeness (QED) is 0.462. The second-order valence-corrected chi connectivity index (χ2v) is 6.22. The van der Waals surface area contributed by atoms with Crippen molar-refractivity contribution in [3.05, 3.63) is 70.5 Å². The number of aromatic nitrogens is 2. The molecule has 0 radical (unpaired) electrons. The first-order valence-electron chi connectivity index (χ1n) is 7.95. The molecule has 0 bridgehead atoms. The second-order valence-electron chi connectivity index (χ2n) is 5.78. The van der Waals surface area contributed by atoms with Gasteiger partial charge in [-0.25, -0.2) is 9.18 Å². The van der Waals surface area contributed by atoms with Crippen molar-refractivity contribution < 1.29 is 22.8 Å². The van der Waals surface area contributed by atoms with Crippen molar-refractivity contribution in [3.63, 3.8) is 0 Å². The van der Waals surface area contributed by atoms with Crippen LogP contribution in [0.5, 0.6) is 0 Å². The van der Waals surface area contributed by atoms with Crippen LogP contribution in [0.25, 0.3) is 22.4 Å². The Labute approximate surface area is 157 Å². The third-order valence-electron chi connectivity index (χ3n) is 3.97. The van der Waals surface area contributed by atoms with Crippen molar-refractivity contribution in [1.82, 2.24) is 10.2 Å². The number of carbonyl (C=O) groups is 1. The van der Waals surface area contributed by atoms with Gasteiger partial charge in [0.2, 0.25) is 11.7 Å². The Morgan fingerprint density at radius 1 is 1.15 bits per heavy atom. The highest BCUT2D eigenvalue weighted by Crippen LogP contribution is 2.27. The summed E-state index contributed by atoms with van der Waals surface area (Å²) in [5.74, 6) is -0.684. The molecule has 27 heavy (non-hydrogen) atoms. The van der Waals surface area contributed by atoms with E-state index in [1.807, 2.05) is 0 Å². The van der Waals surface area contributed by atoms with Gasteiger partial charge in [-0.2, -0.15) is 0 Å². The van der Waals surface area contributed by atoms with Crippen molar-refractivity contribution in [2.75, 3.05) is 0 Å². The van der Waals surface area contributed by atoms with Crippen LogP contribution in [0.3, 0.4) is 0 Å². The number of aryl methyl sites for hydroxylation is 1. The predicted molar refractivity (Wildman–Crippen MR) is 94.8 cm³/mol. The lowest BCUT2D eigenvalue weighted by Crippen LogP contribution is -2.05. The number of esters is 1. The summed E-state index contributed by atoms with van der Waals surface area (Å²) in [6, 6.07) is 10.9. The maximum Gasteiger partial charge on any atom is 0.375 e. The Morgan fingerprint density at radius 2 is 1.93 bits per heavy atom. The summed E-state index contributed by atoms with van der Waals surface area (Å²) in [5, 5.41) is 8.87. The smallest absolute Gasteiger partial charge is 0.375 e. The summed E-state index contributed by atoms with van der Waals surface area (Å²) < 4.78 is 29.5. The topological polar surface area (TPSA) is 78.4 Å². The standard InChI is InChI=1S/C19H12ClFN2O4/c1-10-14-8-13(21)6-7-15(14)26-17(10)19(24)25-9-16-22-23-18(27-16)11-2-4-12(20)5-3-11/h2-8H,9H2,1H3. The van der Waals surface area contributed by atoms with Crippen LogP contribution in [-0.2, 0) is 11.3 Å². The molecule has 0 atom stereocenters. The molecule has 0 aliphatic carbocycles. The molecular formula is C19H12ClFN2O4. The molecule has 4 aromatic rings.